The van der Waals surface area contributed by atoms with Crippen LogP contribution in [0.1, 0.15) is 13.8 Å². The van der Waals surface area contributed by atoms with Crippen LogP contribution >= 0.6 is 11.6 Å². The van der Waals surface area contributed by atoms with Gasteiger partial charge in [-0.15, -0.1) is 0 Å². The highest BCUT2D eigenvalue weighted by atomic mass is 35.5. The fourth-order valence-electron chi connectivity index (χ4n) is 2.70. The van der Waals surface area contributed by atoms with Crippen molar-refractivity contribution in [2.24, 2.45) is 0 Å². The molecule has 158 valence electrons. The lowest BCUT2D eigenvalue weighted by atomic mass is 10.2. The molecule has 7 nitrogen and oxygen atoms in total. The van der Waals surface area contributed by atoms with Gasteiger partial charge in [0.05, 0.1) is 25.1 Å². The average molecular weight is 441 g/mol. The Morgan fingerprint density at radius 3 is 2.14 bits per heavy atom. The average Bonchev–Trinajstić information content (AvgIpc) is 2.67. The molecular formula is C20H25ClN2O5S. The number of methoxy groups -OCH3 is 1. The van der Waals surface area contributed by atoms with Crippen LogP contribution in [0.5, 0.6) is 11.5 Å². The number of hydrogen-bond donors (Lipinski definition) is 1. The highest BCUT2D eigenvalue weighted by Gasteiger charge is 2.29. The third-order valence-electron chi connectivity index (χ3n) is 4.12. The Hall–Kier alpha value is -2.45. The summed E-state index contributed by atoms with van der Waals surface area (Å²) in [6.07, 6.45) is 1.06. The van der Waals surface area contributed by atoms with Crippen molar-refractivity contribution in [3.63, 3.8) is 0 Å². The number of anilines is 1. The van der Waals surface area contributed by atoms with Crippen LogP contribution in [-0.4, -0.2) is 46.4 Å². The van der Waals surface area contributed by atoms with E-state index in [2.05, 4.69) is 5.32 Å². The summed E-state index contributed by atoms with van der Waals surface area (Å²) in [4.78, 5) is 12.7. The molecule has 0 aliphatic rings. The summed E-state index contributed by atoms with van der Waals surface area (Å²) in [5, 5.41) is 3.26. The van der Waals surface area contributed by atoms with Crippen LogP contribution in [0.25, 0.3) is 0 Å². The van der Waals surface area contributed by atoms with E-state index in [1.165, 1.54) is 6.92 Å². The molecule has 0 aliphatic carbocycles. The number of nitrogens with one attached hydrogen (secondary N) is 1. The van der Waals surface area contributed by atoms with Gasteiger partial charge in [0.1, 0.15) is 24.1 Å². The minimum absolute atomic E-state index is 0.227. The van der Waals surface area contributed by atoms with Gasteiger partial charge in [-0.2, -0.15) is 0 Å². The third-order valence-corrected chi connectivity index (χ3v) is 5.61. The maximum atomic E-state index is 12.7. The van der Waals surface area contributed by atoms with Gasteiger partial charge in [-0.25, -0.2) is 8.42 Å². The van der Waals surface area contributed by atoms with Gasteiger partial charge in [0, 0.05) is 5.02 Å². The predicted molar refractivity (Wildman–Crippen MR) is 114 cm³/mol. The highest BCUT2D eigenvalue weighted by molar-refractivity contribution is 7.92. The minimum Gasteiger partial charge on any atom is -0.497 e. The maximum absolute atomic E-state index is 12.7. The molecule has 0 heterocycles. The highest BCUT2D eigenvalue weighted by Crippen LogP contribution is 2.23. The van der Waals surface area contributed by atoms with Crippen LogP contribution in [0.3, 0.4) is 0 Å². The lowest BCUT2D eigenvalue weighted by Gasteiger charge is -2.29. The van der Waals surface area contributed by atoms with E-state index in [-0.39, 0.29) is 12.6 Å². The van der Waals surface area contributed by atoms with Crippen molar-refractivity contribution in [3.8, 4) is 11.5 Å². The van der Waals surface area contributed by atoms with Gasteiger partial charge in [-0.05, 0) is 62.4 Å². The van der Waals surface area contributed by atoms with Gasteiger partial charge >= 0.3 is 0 Å². The summed E-state index contributed by atoms with van der Waals surface area (Å²) in [6.45, 7) is 3.54. The van der Waals surface area contributed by atoms with Crippen molar-refractivity contribution >= 4 is 33.2 Å². The summed E-state index contributed by atoms with van der Waals surface area (Å²) >= 11 is 5.88. The Morgan fingerprint density at radius 2 is 1.62 bits per heavy atom. The Labute approximate surface area is 176 Å². The number of sulfonamides is 1. The molecule has 0 fully saturated rings. The van der Waals surface area contributed by atoms with Gasteiger partial charge in [0.15, 0.2) is 0 Å². The van der Waals surface area contributed by atoms with E-state index in [0.29, 0.717) is 16.5 Å². The third kappa shape index (κ3) is 6.54. The Kier molecular flexibility index (Phi) is 7.75. The van der Waals surface area contributed by atoms with E-state index in [0.717, 1.165) is 16.3 Å². The van der Waals surface area contributed by atoms with Crippen LogP contribution < -0.4 is 19.1 Å². The Morgan fingerprint density at radius 1 is 1.07 bits per heavy atom. The molecule has 0 aromatic heterocycles. The summed E-state index contributed by atoms with van der Waals surface area (Å²) in [5.74, 6) is 0.922. The molecular weight excluding hydrogens is 416 g/mol. The Bertz CT molecular complexity index is 917. The van der Waals surface area contributed by atoms with Crippen LogP contribution in [0.15, 0.2) is 48.5 Å². The SMILES string of the molecule is COc1ccc(OC[C@@H](C)NC(=O)[C@H](C)N(c2ccc(Cl)cc2)S(C)(=O)=O)cc1. The summed E-state index contributed by atoms with van der Waals surface area (Å²) in [7, 11) is -2.10. The molecule has 1 N–H and O–H groups in total. The number of rotatable bonds is 9. The van der Waals surface area contributed by atoms with Crippen LogP contribution in [-0.2, 0) is 14.8 Å². The molecule has 9 heteroatoms. The van der Waals surface area contributed by atoms with Crippen molar-refractivity contribution in [2.75, 3.05) is 24.3 Å². The standard InChI is InChI=1S/C20H25ClN2O5S/c1-14(13-28-19-11-9-18(27-3)10-12-19)22-20(24)15(2)23(29(4,25)26)17-7-5-16(21)6-8-17/h5-12,14-15H,13H2,1-4H3,(H,22,24)/t14-,15+/m1/s1. The van der Waals surface area contributed by atoms with E-state index in [1.54, 1.807) is 62.6 Å². The fraction of sp³-hybridized carbons (Fsp3) is 0.350. The molecule has 0 saturated heterocycles. The quantitative estimate of drug-likeness (QED) is 0.647. The zero-order chi connectivity index (χ0) is 21.6. The number of carbonyl (C=O) groups excluding carboxylic acids is 1. The molecule has 29 heavy (non-hydrogen) atoms. The number of hydrogen-bond acceptors (Lipinski definition) is 5. The second-order valence-corrected chi connectivity index (χ2v) is 8.90. The molecule has 0 spiro atoms. The lowest BCUT2D eigenvalue weighted by Crippen LogP contribution is -2.50. The molecule has 0 bridgehead atoms. The Balaban J connectivity index is 2.01. The van der Waals surface area contributed by atoms with Crippen molar-refractivity contribution < 1.29 is 22.7 Å². The summed E-state index contributed by atoms with van der Waals surface area (Å²) < 4.78 is 36.4. The first kappa shape index (κ1) is 22.8. The molecule has 0 aliphatic heterocycles. The normalized spacial score (nSPS) is 13.3. The van der Waals surface area contributed by atoms with E-state index < -0.39 is 22.0 Å². The lowest BCUT2D eigenvalue weighted by molar-refractivity contribution is -0.122. The van der Waals surface area contributed by atoms with Gasteiger partial charge < -0.3 is 14.8 Å². The fourth-order valence-corrected chi connectivity index (χ4v) is 4.00. The van der Waals surface area contributed by atoms with E-state index >= 15 is 0 Å². The van der Waals surface area contributed by atoms with Crippen molar-refractivity contribution in [1.82, 2.24) is 5.32 Å². The van der Waals surface area contributed by atoms with Gasteiger partial charge in [-0.1, -0.05) is 11.6 Å². The number of nitrogens with zero attached hydrogens (tertiary/aromatic N) is 1. The summed E-state index contributed by atoms with van der Waals surface area (Å²) in [5.41, 5.74) is 0.363. The molecule has 0 radical (unpaired) electrons. The van der Waals surface area contributed by atoms with E-state index in [1.807, 2.05) is 0 Å². The molecule has 1 amide bonds. The molecule has 2 atom stereocenters. The molecule has 2 rings (SSSR count). The molecule has 0 unspecified atom stereocenters. The first-order chi connectivity index (χ1) is 13.6. The monoisotopic (exact) mass is 440 g/mol. The molecule has 2 aromatic carbocycles. The summed E-state index contributed by atoms with van der Waals surface area (Å²) in [6, 6.07) is 12.1. The maximum Gasteiger partial charge on any atom is 0.243 e. The number of ether oxygens (including phenoxy) is 2. The van der Waals surface area contributed by atoms with Gasteiger partial charge in [-0.3, -0.25) is 9.10 Å². The van der Waals surface area contributed by atoms with Crippen LogP contribution in [0.2, 0.25) is 5.02 Å². The largest absolute Gasteiger partial charge is 0.497 e. The van der Waals surface area contributed by atoms with Crippen molar-refractivity contribution in [1.29, 1.82) is 0 Å². The molecule has 2 aromatic rings. The van der Waals surface area contributed by atoms with Crippen molar-refractivity contribution in [2.45, 2.75) is 25.9 Å². The first-order valence-corrected chi connectivity index (χ1v) is 11.2. The van der Waals surface area contributed by atoms with Gasteiger partial charge in [0.2, 0.25) is 15.9 Å². The number of benzene rings is 2. The number of carbonyl (C=O) groups is 1. The zero-order valence-corrected chi connectivity index (χ0v) is 18.3. The zero-order valence-electron chi connectivity index (χ0n) is 16.8. The number of halogens is 1. The van der Waals surface area contributed by atoms with Crippen LogP contribution in [0, 0.1) is 0 Å². The smallest absolute Gasteiger partial charge is 0.243 e. The minimum atomic E-state index is -3.69. The predicted octanol–water partition coefficient (Wildman–Crippen LogP) is 3.09. The van der Waals surface area contributed by atoms with Crippen molar-refractivity contribution in [3.05, 3.63) is 53.6 Å². The second kappa shape index (κ2) is 9.84. The molecule has 0 saturated carbocycles. The first-order valence-electron chi connectivity index (χ1n) is 8.94. The second-order valence-electron chi connectivity index (χ2n) is 6.61. The van der Waals surface area contributed by atoms with Gasteiger partial charge in [0.25, 0.3) is 0 Å². The van der Waals surface area contributed by atoms with E-state index in [4.69, 9.17) is 21.1 Å². The van der Waals surface area contributed by atoms with E-state index in [9.17, 15) is 13.2 Å². The van der Waals surface area contributed by atoms with Crippen LogP contribution in [0.4, 0.5) is 5.69 Å². The topological polar surface area (TPSA) is 84.9 Å². The number of amides is 1.